The quantitative estimate of drug-likeness (QED) is 0.746. The van der Waals surface area contributed by atoms with Gasteiger partial charge in [0.25, 0.3) is 0 Å². The van der Waals surface area contributed by atoms with Gasteiger partial charge in [0.15, 0.2) is 0 Å². The van der Waals surface area contributed by atoms with Gasteiger partial charge in [0.2, 0.25) is 9.72 Å². The Balaban J connectivity index is 1.81. The molecule has 2 aliphatic rings. The highest BCUT2D eigenvalue weighted by atomic mass is 127. The molecule has 1 aromatic heterocycles. The van der Waals surface area contributed by atoms with E-state index in [2.05, 4.69) is 32.7 Å². The summed E-state index contributed by atoms with van der Waals surface area (Å²) in [4.78, 5) is 4.31. The lowest BCUT2D eigenvalue weighted by atomic mass is 10.0. The summed E-state index contributed by atoms with van der Waals surface area (Å²) in [5.74, 6) is 3.23. The Labute approximate surface area is 90.4 Å². The average molecular weight is 290 g/mol. The highest BCUT2D eigenvalue weighted by Gasteiger charge is 2.54. The molecule has 0 spiro atoms. The van der Waals surface area contributed by atoms with Gasteiger partial charge in [-0.25, -0.2) is 0 Å². The second kappa shape index (κ2) is 2.93. The Morgan fingerprint density at radius 1 is 1.23 bits per heavy atom. The van der Waals surface area contributed by atoms with Gasteiger partial charge in [-0.3, -0.25) is 0 Å². The highest BCUT2D eigenvalue weighted by Crippen LogP contribution is 2.60. The van der Waals surface area contributed by atoms with Gasteiger partial charge in [0, 0.05) is 28.5 Å². The fraction of sp³-hybridized carbons (Fsp3) is 0.778. The molecular formula is C9H11IN2O. The van der Waals surface area contributed by atoms with Crippen LogP contribution in [0.3, 0.4) is 0 Å². The standard InChI is InChI=1S/C9H11IN2O/c10-9-11-8(13-12-9)7-5-3-1-2-4-6(5)7/h5-7H,1-4H2. The van der Waals surface area contributed by atoms with E-state index in [1.54, 1.807) is 0 Å². The van der Waals surface area contributed by atoms with Crippen LogP contribution < -0.4 is 0 Å². The van der Waals surface area contributed by atoms with Crippen LogP contribution in [0.1, 0.15) is 37.5 Å². The Morgan fingerprint density at radius 3 is 2.46 bits per heavy atom. The van der Waals surface area contributed by atoms with Crippen molar-refractivity contribution in [1.29, 1.82) is 0 Å². The Kier molecular flexibility index (Phi) is 1.85. The summed E-state index contributed by atoms with van der Waals surface area (Å²) < 4.78 is 5.96. The van der Waals surface area contributed by atoms with Crippen LogP contribution in [0.2, 0.25) is 0 Å². The molecule has 0 amide bonds. The first-order valence-corrected chi connectivity index (χ1v) is 5.93. The summed E-state index contributed by atoms with van der Waals surface area (Å²) >= 11 is 2.10. The van der Waals surface area contributed by atoms with Crippen molar-refractivity contribution >= 4 is 22.6 Å². The first-order chi connectivity index (χ1) is 6.36. The maximum Gasteiger partial charge on any atom is 0.232 e. The summed E-state index contributed by atoms with van der Waals surface area (Å²) in [7, 11) is 0. The van der Waals surface area contributed by atoms with Gasteiger partial charge < -0.3 is 4.52 Å². The molecule has 70 valence electrons. The molecule has 2 aliphatic carbocycles. The summed E-state index contributed by atoms with van der Waals surface area (Å²) in [5, 5.41) is 3.84. The molecule has 0 radical (unpaired) electrons. The van der Waals surface area contributed by atoms with Crippen LogP contribution in [-0.2, 0) is 0 Å². The number of halogens is 1. The predicted octanol–water partition coefficient (Wildman–Crippen LogP) is 2.58. The van der Waals surface area contributed by atoms with Crippen LogP contribution in [0.15, 0.2) is 4.52 Å². The largest absolute Gasteiger partial charge is 0.338 e. The zero-order valence-electron chi connectivity index (χ0n) is 7.24. The number of hydrogen-bond donors (Lipinski definition) is 0. The van der Waals surface area contributed by atoms with Crippen LogP contribution >= 0.6 is 22.6 Å². The normalized spacial score (nSPS) is 37.2. The number of rotatable bonds is 1. The fourth-order valence-corrected chi connectivity index (χ4v) is 3.05. The van der Waals surface area contributed by atoms with Crippen molar-refractivity contribution in [2.24, 2.45) is 11.8 Å². The van der Waals surface area contributed by atoms with Gasteiger partial charge in [0.05, 0.1) is 0 Å². The smallest absolute Gasteiger partial charge is 0.232 e. The Morgan fingerprint density at radius 2 is 1.92 bits per heavy atom. The third-order valence-corrected chi connectivity index (χ3v) is 3.80. The molecule has 3 nitrogen and oxygen atoms in total. The van der Waals surface area contributed by atoms with E-state index in [-0.39, 0.29) is 0 Å². The molecule has 13 heavy (non-hydrogen) atoms. The first kappa shape index (κ1) is 8.20. The minimum atomic E-state index is 0.610. The van der Waals surface area contributed by atoms with E-state index < -0.39 is 0 Å². The molecule has 1 aromatic rings. The van der Waals surface area contributed by atoms with E-state index >= 15 is 0 Å². The van der Waals surface area contributed by atoms with Crippen LogP contribution in [-0.4, -0.2) is 10.1 Å². The van der Waals surface area contributed by atoms with E-state index in [1.807, 2.05) is 0 Å². The lowest BCUT2D eigenvalue weighted by Gasteiger charge is -2.04. The van der Waals surface area contributed by atoms with Crippen molar-refractivity contribution in [3.63, 3.8) is 0 Å². The van der Waals surface area contributed by atoms with Crippen LogP contribution in [0.25, 0.3) is 0 Å². The van der Waals surface area contributed by atoms with Crippen molar-refractivity contribution in [3.05, 3.63) is 9.72 Å². The van der Waals surface area contributed by atoms with Crippen molar-refractivity contribution in [3.8, 4) is 0 Å². The fourth-order valence-electron chi connectivity index (χ4n) is 2.71. The topological polar surface area (TPSA) is 38.9 Å². The zero-order valence-corrected chi connectivity index (χ0v) is 9.40. The average Bonchev–Trinajstić information content (AvgIpc) is 2.73. The monoisotopic (exact) mass is 290 g/mol. The van der Waals surface area contributed by atoms with Crippen LogP contribution in [0.4, 0.5) is 0 Å². The Hall–Kier alpha value is -0.130. The molecule has 0 N–H and O–H groups in total. The highest BCUT2D eigenvalue weighted by molar-refractivity contribution is 14.1. The van der Waals surface area contributed by atoms with E-state index in [0.717, 1.165) is 21.6 Å². The number of aromatic nitrogens is 2. The molecule has 0 aliphatic heterocycles. The molecule has 4 heteroatoms. The summed E-state index contributed by atoms with van der Waals surface area (Å²) in [5.41, 5.74) is 0. The van der Waals surface area contributed by atoms with Crippen LogP contribution in [0, 0.1) is 15.7 Å². The SMILES string of the molecule is Ic1noc(C2C3CCCCC32)n1. The van der Waals surface area contributed by atoms with E-state index in [9.17, 15) is 0 Å². The minimum Gasteiger partial charge on any atom is -0.338 e. The number of hydrogen-bond acceptors (Lipinski definition) is 3. The van der Waals surface area contributed by atoms with Gasteiger partial charge in [0.1, 0.15) is 0 Å². The molecule has 0 saturated heterocycles. The molecule has 2 saturated carbocycles. The van der Waals surface area contributed by atoms with Crippen LogP contribution in [0.5, 0.6) is 0 Å². The first-order valence-electron chi connectivity index (χ1n) is 4.85. The maximum absolute atomic E-state index is 5.21. The van der Waals surface area contributed by atoms with E-state index in [4.69, 9.17) is 4.52 Å². The number of nitrogens with zero attached hydrogens (tertiary/aromatic N) is 2. The van der Waals surface area contributed by atoms with Crippen molar-refractivity contribution in [1.82, 2.24) is 10.1 Å². The lowest BCUT2D eigenvalue weighted by Crippen LogP contribution is -1.91. The molecule has 2 fully saturated rings. The van der Waals surface area contributed by atoms with Gasteiger partial charge in [-0.2, -0.15) is 4.98 Å². The Bertz CT molecular complexity index is 313. The van der Waals surface area contributed by atoms with Crippen molar-refractivity contribution in [2.45, 2.75) is 31.6 Å². The lowest BCUT2D eigenvalue weighted by molar-refractivity contribution is 0.369. The second-order valence-electron chi connectivity index (χ2n) is 4.04. The maximum atomic E-state index is 5.21. The van der Waals surface area contributed by atoms with Crippen molar-refractivity contribution in [2.75, 3.05) is 0 Å². The van der Waals surface area contributed by atoms with Gasteiger partial charge in [-0.05, 0) is 24.7 Å². The van der Waals surface area contributed by atoms with Crippen molar-refractivity contribution < 1.29 is 4.52 Å². The van der Waals surface area contributed by atoms with E-state index in [0.29, 0.717) is 5.92 Å². The molecule has 0 aromatic carbocycles. The van der Waals surface area contributed by atoms with Gasteiger partial charge in [-0.1, -0.05) is 18.0 Å². The van der Waals surface area contributed by atoms with E-state index in [1.165, 1.54) is 25.7 Å². The van der Waals surface area contributed by atoms with Gasteiger partial charge >= 0.3 is 0 Å². The third-order valence-electron chi connectivity index (χ3n) is 3.36. The summed E-state index contributed by atoms with van der Waals surface area (Å²) in [6.45, 7) is 0. The zero-order chi connectivity index (χ0) is 8.84. The molecule has 2 atom stereocenters. The predicted molar refractivity (Wildman–Crippen MR) is 55.2 cm³/mol. The van der Waals surface area contributed by atoms with Gasteiger partial charge in [-0.15, -0.1) is 0 Å². The second-order valence-corrected chi connectivity index (χ2v) is 5.00. The molecule has 3 rings (SSSR count). The molecular weight excluding hydrogens is 279 g/mol. The molecule has 0 bridgehead atoms. The summed E-state index contributed by atoms with van der Waals surface area (Å²) in [6.07, 6.45) is 5.52. The molecule has 1 heterocycles. The third kappa shape index (κ3) is 1.30. The number of fused-ring (bicyclic) bond motifs is 1. The summed E-state index contributed by atoms with van der Waals surface area (Å²) in [6, 6.07) is 0. The molecule has 2 unspecified atom stereocenters. The minimum absolute atomic E-state index is 0.610.